The van der Waals surface area contributed by atoms with Gasteiger partial charge < -0.3 is 15.0 Å². The molecule has 0 amide bonds. The molecule has 1 heterocycles. The van der Waals surface area contributed by atoms with Crippen LogP contribution in [0.2, 0.25) is 0 Å². The number of aromatic nitrogens is 2. The largest absolute Gasteiger partial charge is 0.496 e. The van der Waals surface area contributed by atoms with E-state index in [0.717, 1.165) is 28.6 Å². The van der Waals surface area contributed by atoms with Crippen LogP contribution in [0.5, 0.6) is 5.75 Å². The highest BCUT2D eigenvalue weighted by Gasteiger charge is 2.30. The van der Waals surface area contributed by atoms with Crippen LogP contribution in [0.25, 0.3) is 11.4 Å². The van der Waals surface area contributed by atoms with Crippen molar-refractivity contribution in [2.45, 2.75) is 32.2 Å². The Hall–Kier alpha value is -1.40. The van der Waals surface area contributed by atoms with Crippen LogP contribution in [0.4, 0.5) is 0 Å². The Bertz CT molecular complexity index is 594. The monoisotopic (exact) mass is 339 g/mol. The molecule has 2 N–H and O–H groups in total. The van der Waals surface area contributed by atoms with Crippen molar-refractivity contribution in [3.63, 3.8) is 0 Å². The van der Waals surface area contributed by atoms with Crippen LogP contribution in [-0.4, -0.2) is 17.3 Å². The lowest BCUT2D eigenvalue weighted by molar-refractivity contribution is 0.268. The average Bonchev–Trinajstić information content (AvgIpc) is 2.96. The van der Waals surface area contributed by atoms with Crippen molar-refractivity contribution in [2.75, 3.05) is 7.11 Å². The molecule has 0 aliphatic rings. The molecule has 0 saturated heterocycles. The van der Waals surface area contributed by atoms with Crippen molar-refractivity contribution in [1.82, 2.24) is 10.1 Å². The molecule has 5 nitrogen and oxygen atoms in total. The number of ether oxygens (including phenoxy) is 1. The minimum atomic E-state index is -0.561. The fourth-order valence-corrected chi connectivity index (χ4v) is 2.44. The summed E-state index contributed by atoms with van der Waals surface area (Å²) in [7, 11) is 1.62. The first-order valence-corrected chi connectivity index (χ1v) is 7.30. The van der Waals surface area contributed by atoms with Crippen molar-refractivity contribution in [2.24, 2.45) is 5.73 Å². The number of halogens is 1. The highest BCUT2D eigenvalue weighted by molar-refractivity contribution is 9.10. The van der Waals surface area contributed by atoms with Crippen LogP contribution in [0, 0.1) is 0 Å². The molecule has 0 saturated carbocycles. The van der Waals surface area contributed by atoms with Crippen LogP contribution < -0.4 is 10.5 Å². The molecule has 0 radical (unpaired) electrons. The van der Waals surface area contributed by atoms with Crippen LogP contribution in [0.15, 0.2) is 27.2 Å². The van der Waals surface area contributed by atoms with E-state index in [1.54, 1.807) is 7.11 Å². The molecule has 0 atom stereocenters. The summed E-state index contributed by atoms with van der Waals surface area (Å²) < 4.78 is 11.4. The zero-order valence-corrected chi connectivity index (χ0v) is 13.4. The first-order chi connectivity index (χ1) is 9.54. The van der Waals surface area contributed by atoms with Crippen molar-refractivity contribution >= 4 is 15.9 Å². The van der Waals surface area contributed by atoms with Crippen LogP contribution in [0.1, 0.15) is 32.6 Å². The molecule has 0 unspecified atom stereocenters. The normalized spacial score (nSPS) is 11.7. The number of methoxy groups -OCH3 is 1. The van der Waals surface area contributed by atoms with Gasteiger partial charge >= 0.3 is 0 Å². The summed E-state index contributed by atoms with van der Waals surface area (Å²) in [5, 5.41) is 4.02. The van der Waals surface area contributed by atoms with E-state index in [1.807, 2.05) is 32.0 Å². The second-order valence-corrected chi connectivity index (χ2v) is 5.49. The van der Waals surface area contributed by atoms with E-state index in [4.69, 9.17) is 15.0 Å². The van der Waals surface area contributed by atoms with Gasteiger partial charge in [0, 0.05) is 5.56 Å². The van der Waals surface area contributed by atoms with Gasteiger partial charge in [0.05, 0.1) is 17.1 Å². The molecule has 0 aliphatic heterocycles. The molecule has 108 valence electrons. The molecular weight excluding hydrogens is 322 g/mol. The van der Waals surface area contributed by atoms with Gasteiger partial charge in [0.1, 0.15) is 5.75 Å². The summed E-state index contributed by atoms with van der Waals surface area (Å²) >= 11 is 3.44. The minimum Gasteiger partial charge on any atom is -0.496 e. The molecule has 1 aromatic heterocycles. The smallest absolute Gasteiger partial charge is 0.247 e. The predicted octanol–water partition coefficient (Wildman–Crippen LogP) is 3.48. The Morgan fingerprint density at radius 3 is 2.60 bits per heavy atom. The zero-order chi connectivity index (χ0) is 14.8. The van der Waals surface area contributed by atoms with E-state index < -0.39 is 5.54 Å². The second-order valence-electron chi connectivity index (χ2n) is 4.64. The van der Waals surface area contributed by atoms with E-state index in [2.05, 4.69) is 26.1 Å². The fraction of sp³-hybridized carbons (Fsp3) is 0.429. The number of hydrogen-bond acceptors (Lipinski definition) is 5. The van der Waals surface area contributed by atoms with Crippen molar-refractivity contribution in [1.29, 1.82) is 0 Å². The second kappa shape index (κ2) is 5.93. The topological polar surface area (TPSA) is 74.2 Å². The summed E-state index contributed by atoms with van der Waals surface area (Å²) in [4.78, 5) is 4.43. The summed E-state index contributed by atoms with van der Waals surface area (Å²) in [5.41, 5.74) is 6.55. The van der Waals surface area contributed by atoms with E-state index >= 15 is 0 Å². The zero-order valence-electron chi connectivity index (χ0n) is 11.8. The van der Waals surface area contributed by atoms with Gasteiger partial charge in [0.25, 0.3) is 0 Å². The molecule has 0 spiro atoms. The summed E-state index contributed by atoms with van der Waals surface area (Å²) in [6, 6.07) is 5.63. The molecule has 2 rings (SSSR count). The summed E-state index contributed by atoms with van der Waals surface area (Å²) in [6.07, 6.45) is 1.49. The van der Waals surface area contributed by atoms with Gasteiger partial charge in [-0.2, -0.15) is 4.98 Å². The van der Waals surface area contributed by atoms with E-state index in [9.17, 15) is 0 Å². The summed E-state index contributed by atoms with van der Waals surface area (Å²) in [6.45, 7) is 4.02. The summed E-state index contributed by atoms with van der Waals surface area (Å²) in [5.74, 6) is 1.76. The van der Waals surface area contributed by atoms with Gasteiger partial charge in [0.15, 0.2) is 0 Å². The van der Waals surface area contributed by atoms with E-state index in [-0.39, 0.29) is 0 Å². The number of nitrogens with two attached hydrogens (primary N) is 1. The lowest BCUT2D eigenvalue weighted by atomic mass is 9.94. The number of benzene rings is 1. The SMILES string of the molecule is CCC(N)(CC)c1nc(-c2ccc(OC)c(Br)c2)no1. The maximum absolute atomic E-state index is 6.26. The van der Waals surface area contributed by atoms with Gasteiger partial charge in [-0.1, -0.05) is 19.0 Å². The highest BCUT2D eigenvalue weighted by atomic mass is 79.9. The molecule has 2 aromatic rings. The van der Waals surface area contributed by atoms with Gasteiger partial charge in [-0.15, -0.1) is 0 Å². The molecule has 20 heavy (non-hydrogen) atoms. The molecular formula is C14H18BrN3O2. The predicted molar refractivity (Wildman–Crippen MR) is 80.4 cm³/mol. The average molecular weight is 340 g/mol. The Labute approximate surface area is 126 Å². The van der Waals surface area contributed by atoms with Crippen molar-refractivity contribution < 1.29 is 9.26 Å². The maximum atomic E-state index is 6.26. The van der Waals surface area contributed by atoms with Crippen molar-refractivity contribution in [3.05, 3.63) is 28.6 Å². The van der Waals surface area contributed by atoms with E-state index in [0.29, 0.717) is 11.7 Å². The van der Waals surface area contributed by atoms with E-state index in [1.165, 1.54) is 0 Å². The Morgan fingerprint density at radius 2 is 2.05 bits per heavy atom. The molecule has 6 heteroatoms. The molecule has 0 fully saturated rings. The number of rotatable bonds is 5. The Kier molecular flexibility index (Phi) is 4.45. The van der Waals surface area contributed by atoms with Gasteiger partial charge in [0.2, 0.25) is 11.7 Å². The third-order valence-electron chi connectivity index (χ3n) is 3.52. The quantitative estimate of drug-likeness (QED) is 0.902. The Balaban J connectivity index is 2.36. The van der Waals surface area contributed by atoms with Crippen molar-refractivity contribution in [3.8, 4) is 17.1 Å². The minimum absolute atomic E-state index is 0.476. The molecule has 0 aliphatic carbocycles. The first kappa shape index (κ1) is 15.0. The third kappa shape index (κ3) is 2.71. The van der Waals surface area contributed by atoms with Gasteiger partial charge in [-0.25, -0.2) is 0 Å². The van der Waals surface area contributed by atoms with Crippen LogP contribution >= 0.6 is 15.9 Å². The Morgan fingerprint density at radius 1 is 1.35 bits per heavy atom. The van der Waals surface area contributed by atoms with Gasteiger partial charge in [-0.3, -0.25) is 0 Å². The first-order valence-electron chi connectivity index (χ1n) is 6.51. The van der Waals surface area contributed by atoms with Gasteiger partial charge in [-0.05, 0) is 47.0 Å². The van der Waals surface area contributed by atoms with Crippen LogP contribution in [0.3, 0.4) is 0 Å². The lowest BCUT2D eigenvalue weighted by Crippen LogP contribution is -2.35. The maximum Gasteiger partial charge on any atom is 0.247 e. The third-order valence-corrected chi connectivity index (χ3v) is 4.14. The highest BCUT2D eigenvalue weighted by Crippen LogP contribution is 2.31. The fourth-order valence-electron chi connectivity index (χ4n) is 1.90. The number of nitrogens with zero attached hydrogens (tertiary/aromatic N) is 2. The molecule has 0 bridgehead atoms. The number of hydrogen-bond donors (Lipinski definition) is 1. The molecule has 1 aromatic carbocycles. The standard InChI is InChI=1S/C14H18BrN3O2/c1-4-14(16,5-2)13-17-12(18-20-13)9-6-7-11(19-3)10(15)8-9/h6-8H,4-5,16H2,1-3H3. The van der Waals surface area contributed by atoms with Crippen LogP contribution in [-0.2, 0) is 5.54 Å². The lowest BCUT2D eigenvalue weighted by Gasteiger charge is -2.20.